The van der Waals surface area contributed by atoms with E-state index in [4.69, 9.17) is 16.7 Å². The molecule has 0 radical (unpaired) electrons. The molecule has 0 spiro atoms. The van der Waals surface area contributed by atoms with Crippen LogP contribution in [-0.2, 0) is 6.54 Å². The van der Waals surface area contributed by atoms with Crippen LogP contribution >= 0.6 is 11.6 Å². The molecule has 0 fully saturated rings. The maximum absolute atomic E-state index is 10.5. The minimum Gasteiger partial charge on any atom is -0.394 e. The molecule has 2 N–H and O–H groups in total. The summed E-state index contributed by atoms with van der Waals surface area (Å²) in [4.78, 5) is 10.0. The van der Waals surface area contributed by atoms with E-state index >= 15 is 0 Å². The molecular formula is C11H15ClN2O3. The fourth-order valence-electron chi connectivity index (χ4n) is 1.18. The fourth-order valence-corrected chi connectivity index (χ4v) is 1.43. The van der Waals surface area contributed by atoms with Crippen LogP contribution in [0.25, 0.3) is 0 Å². The average Bonchev–Trinajstić information content (AvgIpc) is 2.27. The first-order chi connectivity index (χ1) is 7.85. The van der Waals surface area contributed by atoms with Crippen molar-refractivity contribution in [1.82, 2.24) is 5.32 Å². The highest BCUT2D eigenvalue weighted by atomic mass is 35.5. The first kappa shape index (κ1) is 13.9. The third-order valence-corrected chi connectivity index (χ3v) is 2.75. The quantitative estimate of drug-likeness (QED) is 0.627. The monoisotopic (exact) mass is 258 g/mol. The molecule has 1 rings (SSSR count). The number of halogens is 1. The molecule has 0 amide bonds. The lowest BCUT2D eigenvalue weighted by atomic mass is 10.1. The van der Waals surface area contributed by atoms with Gasteiger partial charge in [0, 0.05) is 24.2 Å². The van der Waals surface area contributed by atoms with Gasteiger partial charge in [-0.15, -0.1) is 0 Å². The van der Waals surface area contributed by atoms with Crippen LogP contribution in [0.5, 0.6) is 0 Å². The Morgan fingerprint density at radius 1 is 1.53 bits per heavy atom. The van der Waals surface area contributed by atoms with Crippen LogP contribution in [0.1, 0.15) is 19.4 Å². The molecule has 0 aliphatic rings. The van der Waals surface area contributed by atoms with Crippen molar-refractivity contribution >= 4 is 17.3 Å². The van der Waals surface area contributed by atoms with Gasteiger partial charge in [-0.2, -0.15) is 0 Å². The number of rotatable bonds is 5. The summed E-state index contributed by atoms with van der Waals surface area (Å²) in [6.45, 7) is 4.15. The van der Waals surface area contributed by atoms with Crippen molar-refractivity contribution in [2.24, 2.45) is 0 Å². The van der Waals surface area contributed by atoms with E-state index in [-0.39, 0.29) is 12.3 Å². The Labute approximate surface area is 105 Å². The van der Waals surface area contributed by atoms with Gasteiger partial charge in [-0.1, -0.05) is 11.6 Å². The van der Waals surface area contributed by atoms with E-state index in [2.05, 4.69) is 5.32 Å². The van der Waals surface area contributed by atoms with E-state index in [0.29, 0.717) is 11.6 Å². The predicted octanol–water partition coefficient (Wildman–Crippen LogP) is 2.11. The number of nitro groups is 1. The molecule has 0 aliphatic heterocycles. The van der Waals surface area contributed by atoms with Gasteiger partial charge < -0.3 is 10.4 Å². The third kappa shape index (κ3) is 3.96. The molecule has 0 saturated heterocycles. The lowest BCUT2D eigenvalue weighted by molar-refractivity contribution is -0.384. The molecule has 0 heterocycles. The molecule has 0 aliphatic carbocycles. The first-order valence-corrected chi connectivity index (χ1v) is 5.52. The van der Waals surface area contributed by atoms with Gasteiger partial charge in [0.2, 0.25) is 0 Å². The Hall–Kier alpha value is -1.17. The number of aliphatic hydroxyl groups excluding tert-OH is 1. The van der Waals surface area contributed by atoms with Crippen molar-refractivity contribution in [1.29, 1.82) is 0 Å². The standard InChI is InChI=1S/C11H15ClN2O3/c1-11(2,7-15)13-6-8-3-4-9(14(16)17)5-10(8)12/h3-5,13,15H,6-7H2,1-2H3. The highest BCUT2D eigenvalue weighted by molar-refractivity contribution is 6.31. The molecule has 5 nitrogen and oxygen atoms in total. The molecule has 0 atom stereocenters. The number of nitrogens with one attached hydrogen (secondary N) is 1. The summed E-state index contributed by atoms with van der Waals surface area (Å²) in [6, 6.07) is 4.35. The zero-order valence-corrected chi connectivity index (χ0v) is 10.5. The highest BCUT2D eigenvalue weighted by Crippen LogP contribution is 2.22. The van der Waals surface area contributed by atoms with Gasteiger partial charge in [-0.3, -0.25) is 10.1 Å². The molecule has 94 valence electrons. The van der Waals surface area contributed by atoms with Crippen molar-refractivity contribution < 1.29 is 10.0 Å². The molecule has 1 aromatic rings. The normalized spacial score (nSPS) is 11.5. The van der Waals surface area contributed by atoms with Crippen LogP contribution in [0, 0.1) is 10.1 Å². The second-order valence-electron chi connectivity index (χ2n) is 4.43. The van der Waals surface area contributed by atoms with Crippen LogP contribution in [0.3, 0.4) is 0 Å². The van der Waals surface area contributed by atoms with Crippen molar-refractivity contribution in [3.8, 4) is 0 Å². The van der Waals surface area contributed by atoms with E-state index in [1.165, 1.54) is 12.1 Å². The van der Waals surface area contributed by atoms with Crippen LogP contribution < -0.4 is 5.32 Å². The fraction of sp³-hybridized carbons (Fsp3) is 0.455. The van der Waals surface area contributed by atoms with E-state index in [1.807, 2.05) is 13.8 Å². The number of nitrogens with zero attached hydrogens (tertiary/aromatic N) is 1. The van der Waals surface area contributed by atoms with Crippen molar-refractivity contribution in [3.63, 3.8) is 0 Å². The molecule has 0 unspecified atom stereocenters. The van der Waals surface area contributed by atoms with Crippen molar-refractivity contribution in [3.05, 3.63) is 38.9 Å². The minimum absolute atomic E-state index is 0.00238. The Morgan fingerprint density at radius 2 is 2.18 bits per heavy atom. The molecule has 0 bridgehead atoms. The number of hydrogen-bond donors (Lipinski definition) is 2. The number of hydrogen-bond acceptors (Lipinski definition) is 4. The summed E-state index contributed by atoms with van der Waals surface area (Å²) in [5.74, 6) is 0. The molecule has 17 heavy (non-hydrogen) atoms. The highest BCUT2D eigenvalue weighted by Gasteiger charge is 2.16. The van der Waals surface area contributed by atoms with E-state index < -0.39 is 10.5 Å². The van der Waals surface area contributed by atoms with Gasteiger partial charge in [0.1, 0.15) is 0 Å². The average molecular weight is 259 g/mol. The molecule has 1 aromatic carbocycles. The summed E-state index contributed by atoms with van der Waals surface area (Å²) in [7, 11) is 0. The lowest BCUT2D eigenvalue weighted by Crippen LogP contribution is -2.42. The predicted molar refractivity (Wildman–Crippen MR) is 66.1 cm³/mol. The molecule has 0 aromatic heterocycles. The van der Waals surface area contributed by atoms with E-state index in [1.54, 1.807) is 6.07 Å². The van der Waals surface area contributed by atoms with Gasteiger partial charge in [0.25, 0.3) is 5.69 Å². The third-order valence-electron chi connectivity index (χ3n) is 2.40. The van der Waals surface area contributed by atoms with Gasteiger partial charge in [-0.25, -0.2) is 0 Å². The SMILES string of the molecule is CC(C)(CO)NCc1ccc([N+](=O)[O-])cc1Cl. The van der Waals surface area contributed by atoms with Crippen LogP contribution in [0.15, 0.2) is 18.2 Å². The first-order valence-electron chi connectivity index (χ1n) is 5.14. The van der Waals surface area contributed by atoms with Crippen LogP contribution in [-0.4, -0.2) is 22.2 Å². The van der Waals surface area contributed by atoms with Crippen molar-refractivity contribution in [2.45, 2.75) is 25.9 Å². The van der Waals surface area contributed by atoms with E-state index in [9.17, 15) is 10.1 Å². The van der Waals surface area contributed by atoms with Gasteiger partial charge in [-0.05, 0) is 25.5 Å². The van der Waals surface area contributed by atoms with Gasteiger partial charge in [0.05, 0.1) is 16.6 Å². The summed E-state index contributed by atoms with van der Waals surface area (Å²) in [5, 5.41) is 23.1. The Balaban J connectivity index is 2.77. The summed E-state index contributed by atoms with van der Waals surface area (Å²) in [6.07, 6.45) is 0. The number of nitro benzene ring substituents is 1. The van der Waals surface area contributed by atoms with Crippen LogP contribution in [0.2, 0.25) is 5.02 Å². The summed E-state index contributed by atoms with van der Waals surface area (Å²) in [5.41, 5.74) is 0.324. The number of non-ortho nitro benzene ring substituents is 1. The lowest BCUT2D eigenvalue weighted by Gasteiger charge is -2.23. The van der Waals surface area contributed by atoms with Gasteiger partial charge >= 0.3 is 0 Å². The maximum atomic E-state index is 10.5. The Morgan fingerprint density at radius 3 is 2.65 bits per heavy atom. The summed E-state index contributed by atoms with van der Waals surface area (Å²) < 4.78 is 0. The zero-order valence-electron chi connectivity index (χ0n) is 9.74. The molecule has 0 saturated carbocycles. The van der Waals surface area contributed by atoms with Gasteiger partial charge in [0.15, 0.2) is 0 Å². The van der Waals surface area contributed by atoms with E-state index in [0.717, 1.165) is 5.56 Å². The minimum atomic E-state index is -0.485. The molecule has 6 heteroatoms. The number of aliphatic hydroxyl groups is 1. The topological polar surface area (TPSA) is 75.4 Å². The Kier molecular flexibility index (Phi) is 4.45. The second kappa shape index (κ2) is 5.44. The smallest absolute Gasteiger partial charge is 0.270 e. The summed E-state index contributed by atoms with van der Waals surface area (Å²) >= 11 is 5.94. The second-order valence-corrected chi connectivity index (χ2v) is 4.84. The molecular weight excluding hydrogens is 244 g/mol. The maximum Gasteiger partial charge on any atom is 0.270 e. The van der Waals surface area contributed by atoms with Crippen molar-refractivity contribution in [2.75, 3.05) is 6.61 Å². The number of benzene rings is 1. The largest absolute Gasteiger partial charge is 0.394 e. The Bertz CT molecular complexity index is 421. The zero-order chi connectivity index (χ0) is 13.1. The van der Waals surface area contributed by atoms with Crippen LogP contribution in [0.4, 0.5) is 5.69 Å².